The van der Waals surface area contributed by atoms with Crippen molar-refractivity contribution in [2.24, 2.45) is 0 Å². The van der Waals surface area contributed by atoms with Crippen LogP contribution in [0.1, 0.15) is 0 Å². The second-order valence-electron chi connectivity index (χ2n) is 4.58. The number of aromatic nitrogens is 3. The zero-order valence-corrected chi connectivity index (χ0v) is 12.6. The smallest absolute Gasteiger partial charge is 0.213 e. The van der Waals surface area contributed by atoms with E-state index in [0.29, 0.717) is 16.6 Å². The van der Waals surface area contributed by atoms with Crippen LogP contribution in [0.4, 0.5) is 5.82 Å². The quantitative estimate of drug-likeness (QED) is 0.801. The molecule has 5 nitrogen and oxygen atoms in total. The zero-order chi connectivity index (χ0) is 15.5. The van der Waals surface area contributed by atoms with Crippen LogP contribution in [0.5, 0.6) is 5.88 Å². The molecule has 0 fully saturated rings. The molecule has 0 aliphatic rings. The van der Waals surface area contributed by atoms with Gasteiger partial charge in [-0.25, -0.2) is 9.97 Å². The maximum absolute atomic E-state index is 6.15. The highest BCUT2D eigenvalue weighted by Crippen LogP contribution is 2.35. The first-order chi connectivity index (χ1) is 10.7. The summed E-state index contributed by atoms with van der Waals surface area (Å²) in [5, 5.41) is 0.401. The number of anilines is 1. The first-order valence-electron chi connectivity index (χ1n) is 6.56. The molecule has 0 atom stereocenters. The van der Waals surface area contributed by atoms with E-state index in [4.69, 9.17) is 22.1 Å². The van der Waals surface area contributed by atoms with Crippen molar-refractivity contribution in [3.63, 3.8) is 0 Å². The van der Waals surface area contributed by atoms with Crippen molar-refractivity contribution in [1.82, 2.24) is 15.0 Å². The molecule has 22 heavy (non-hydrogen) atoms. The summed E-state index contributed by atoms with van der Waals surface area (Å²) < 4.78 is 5.17. The molecule has 0 amide bonds. The molecule has 3 aromatic rings. The fourth-order valence-corrected chi connectivity index (χ4v) is 2.29. The topological polar surface area (TPSA) is 73.9 Å². The van der Waals surface area contributed by atoms with Gasteiger partial charge in [0.25, 0.3) is 0 Å². The highest BCUT2D eigenvalue weighted by molar-refractivity contribution is 6.33. The molecule has 3 rings (SSSR count). The molecular weight excluding hydrogens is 300 g/mol. The van der Waals surface area contributed by atoms with E-state index in [1.54, 1.807) is 31.8 Å². The van der Waals surface area contributed by atoms with E-state index in [1.807, 2.05) is 24.3 Å². The average molecular weight is 313 g/mol. The Morgan fingerprint density at radius 3 is 2.73 bits per heavy atom. The first kappa shape index (κ1) is 14.3. The van der Waals surface area contributed by atoms with Crippen molar-refractivity contribution in [2.45, 2.75) is 0 Å². The zero-order valence-electron chi connectivity index (χ0n) is 11.8. The normalized spacial score (nSPS) is 10.5. The van der Waals surface area contributed by atoms with Crippen LogP contribution in [-0.4, -0.2) is 22.1 Å². The molecule has 3 aromatic heterocycles. The van der Waals surface area contributed by atoms with Gasteiger partial charge in [0.2, 0.25) is 5.88 Å². The van der Waals surface area contributed by atoms with Crippen LogP contribution in [0, 0.1) is 0 Å². The third kappa shape index (κ3) is 2.71. The second kappa shape index (κ2) is 5.99. The van der Waals surface area contributed by atoms with Gasteiger partial charge in [-0.2, -0.15) is 0 Å². The Balaban J connectivity index is 2.23. The molecule has 0 saturated heterocycles. The Hall–Kier alpha value is -2.66. The van der Waals surface area contributed by atoms with Gasteiger partial charge in [0.1, 0.15) is 5.82 Å². The van der Waals surface area contributed by atoms with Gasteiger partial charge < -0.3 is 10.5 Å². The van der Waals surface area contributed by atoms with Crippen LogP contribution >= 0.6 is 11.6 Å². The lowest BCUT2D eigenvalue weighted by Gasteiger charge is -2.12. The van der Waals surface area contributed by atoms with Gasteiger partial charge in [0.15, 0.2) is 0 Å². The van der Waals surface area contributed by atoms with Crippen molar-refractivity contribution in [2.75, 3.05) is 12.8 Å². The lowest BCUT2D eigenvalue weighted by atomic mass is 10.0. The fourth-order valence-electron chi connectivity index (χ4n) is 2.13. The number of pyridine rings is 3. The van der Waals surface area contributed by atoms with Gasteiger partial charge in [-0.1, -0.05) is 11.6 Å². The molecule has 0 bridgehead atoms. The van der Waals surface area contributed by atoms with Crippen LogP contribution in [0.15, 0.2) is 48.9 Å². The largest absolute Gasteiger partial charge is 0.481 e. The van der Waals surface area contributed by atoms with Gasteiger partial charge in [-0.05, 0) is 29.8 Å². The number of rotatable bonds is 3. The van der Waals surface area contributed by atoms with Gasteiger partial charge in [0.05, 0.1) is 17.8 Å². The molecule has 6 heteroatoms. The Morgan fingerprint density at radius 2 is 2.00 bits per heavy atom. The minimum Gasteiger partial charge on any atom is -0.481 e. The highest BCUT2D eigenvalue weighted by atomic mass is 35.5. The summed E-state index contributed by atoms with van der Waals surface area (Å²) in [5.74, 6) is 0.799. The number of nitrogen functional groups attached to an aromatic ring is 1. The van der Waals surface area contributed by atoms with Gasteiger partial charge in [-0.3, -0.25) is 4.98 Å². The minimum atomic E-state index is 0.283. The standard InChI is InChI=1S/C16H13ClN4O/c1-22-14-7-10(4-6-20-14)12-8-13(17)16(18)21-15(12)11-3-2-5-19-9-11/h2-9H,1H3,(H2,18,21). The molecular formula is C16H13ClN4O. The summed E-state index contributed by atoms with van der Waals surface area (Å²) in [6.07, 6.45) is 5.11. The average Bonchev–Trinajstić information content (AvgIpc) is 2.58. The van der Waals surface area contributed by atoms with Gasteiger partial charge in [-0.15, -0.1) is 0 Å². The van der Waals surface area contributed by atoms with Crippen molar-refractivity contribution >= 4 is 17.4 Å². The summed E-state index contributed by atoms with van der Waals surface area (Å²) in [5.41, 5.74) is 9.16. The summed E-state index contributed by atoms with van der Waals surface area (Å²) in [7, 11) is 1.57. The molecule has 0 unspecified atom stereocenters. The predicted octanol–water partition coefficient (Wildman–Crippen LogP) is 3.45. The summed E-state index contributed by atoms with van der Waals surface area (Å²) in [6.45, 7) is 0. The van der Waals surface area contributed by atoms with Crippen LogP contribution in [0.3, 0.4) is 0 Å². The number of ether oxygens (including phenoxy) is 1. The predicted molar refractivity (Wildman–Crippen MR) is 86.7 cm³/mol. The molecule has 0 radical (unpaired) electrons. The number of hydrogen-bond acceptors (Lipinski definition) is 5. The van der Waals surface area contributed by atoms with Crippen LogP contribution < -0.4 is 10.5 Å². The number of hydrogen-bond donors (Lipinski definition) is 1. The van der Waals surface area contributed by atoms with Crippen LogP contribution in [0.2, 0.25) is 5.02 Å². The maximum Gasteiger partial charge on any atom is 0.213 e. The third-order valence-electron chi connectivity index (χ3n) is 3.19. The number of methoxy groups -OCH3 is 1. The van der Waals surface area contributed by atoms with Crippen molar-refractivity contribution in [1.29, 1.82) is 0 Å². The van der Waals surface area contributed by atoms with Crippen molar-refractivity contribution in [3.8, 4) is 28.3 Å². The molecule has 0 saturated carbocycles. The van der Waals surface area contributed by atoms with Crippen molar-refractivity contribution in [3.05, 3.63) is 53.9 Å². The van der Waals surface area contributed by atoms with Gasteiger partial charge in [0, 0.05) is 35.8 Å². The van der Waals surface area contributed by atoms with Gasteiger partial charge >= 0.3 is 0 Å². The van der Waals surface area contributed by atoms with Crippen LogP contribution in [0.25, 0.3) is 22.4 Å². The Bertz CT molecular complexity index is 808. The van der Waals surface area contributed by atoms with Crippen LogP contribution in [-0.2, 0) is 0 Å². The van der Waals surface area contributed by atoms with E-state index in [9.17, 15) is 0 Å². The molecule has 0 spiro atoms. The minimum absolute atomic E-state index is 0.283. The Kier molecular flexibility index (Phi) is 3.89. The Morgan fingerprint density at radius 1 is 1.14 bits per heavy atom. The van der Waals surface area contributed by atoms with E-state index in [0.717, 1.165) is 16.7 Å². The number of nitrogens with two attached hydrogens (primary N) is 1. The second-order valence-corrected chi connectivity index (χ2v) is 4.99. The van der Waals surface area contributed by atoms with E-state index >= 15 is 0 Å². The van der Waals surface area contributed by atoms with E-state index in [1.165, 1.54) is 0 Å². The van der Waals surface area contributed by atoms with Crippen molar-refractivity contribution < 1.29 is 4.74 Å². The lowest BCUT2D eigenvalue weighted by Crippen LogP contribution is -1.97. The highest BCUT2D eigenvalue weighted by Gasteiger charge is 2.13. The Labute approximate surface area is 132 Å². The molecule has 110 valence electrons. The summed E-state index contributed by atoms with van der Waals surface area (Å²) in [6, 6.07) is 9.25. The van der Waals surface area contributed by atoms with E-state index in [-0.39, 0.29) is 5.82 Å². The molecule has 0 aliphatic heterocycles. The molecule has 0 aliphatic carbocycles. The summed E-state index contributed by atoms with van der Waals surface area (Å²) >= 11 is 6.15. The summed E-state index contributed by atoms with van der Waals surface area (Å²) in [4.78, 5) is 12.7. The third-order valence-corrected chi connectivity index (χ3v) is 3.50. The fraction of sp³-hybridized carbons (Fsp3) is 0.0625. The molecule has 0 aromatic carbocycles. The lowest BCUT2D eigenvalue weighted by molar-refractivity contribution is 0.398. The maximum atomic E-state index is 6.15. The molecule has 2 N–H and O–H groups in total. The number of nitrogens with zero attached hydrogens (tertiary/aromatic N) is 3. The van der Waals surface area contributed by atoms with E-state index < -0.39 is 0 Å². The monoisotopic (exact) mass is 312 g/mol. The van der Waals surface area contributed by atoms with E-state index in [2.05, 4.69) is 15.0 Å². The number of halogens is 1. The first-order valence-corrected chi connectivity index (χ1v) is 6.93. The molecule has 3 heterocycles. The SMILES string of the molecule is COc1cc(-c2cc(Cl)c(N)nc2-c2cccnc2)ccn1.